The summed E-state index contributed by atoms with van der Waals surface area (Å²) in [5.41, 5.74) is 0. The van der Waals surface area contributed by atoms with Crippen LogP contribution in [0.4, 0.5) is 0 Å². The van der Waals surface area contributed by atoms with Crippen LogP contribution in [0.25, 0.3) is 0 Å². The highest BCUT2D eigenvalue weighted by Gasteiger charge is 2.43. The average Bonchev–Trinajstić information content (AvgIpc) is 2.93. The van der Waals surface area contributed by atoms with Gasteiger partial charge in [0, 0.05) is 18.5 Å². The molecule has 1 saturated heterocycles. The van der Waals surface area contributed by atoms with Crippen LogP contribution in [0.15, 0.2) is 0 Å². The molecule has 84 valence electrons. The predicted molar refractivity (Wildman–Crippen MR) is 58.4 cm³/mol. The van der Waals surface area contributed by atoms with Crippen LogP contribution in [0, 0.1) is 17.8 Å². The van der Waals surface area contributed by atoms with Crippen molar-refractivity contribution < 1.29 is 4.79 Å². The summed E-state index contributed by atoms with van der Waals surface area (Å²) in [4.78, 5) is 12.1. The third-order valence-corrected chi connectivity index (χ3v) is 4.48. The van der Waals surface area contributed by atoms with Crippen molar-refractivity contribution in [3.8, 4) is 0 Å². The highest BCUT2D eigenvalue weighted by Crippen LogP contribution is 2.48. The van der Waals surface area contributed by atoms with Crippen LogP contribution in [-0.2, 0) is 4.79 Å². The summed E-state index contributed by atoms with van der Waals surface area (Å²) in [5, 5.41) is 6.49. The van der Waals surface area contributed by atoms with Gasteiger partial charge in [-0.15, -0.1) is 0 Å². The fraction of sp³-hybridized carbons (Fsp3) is 0.917. The minimum absolute atomic E-state index is 0.343. The Hall–Kier alpha value is -0.570. The molecule has 3 fully saturated rings. The Labute approximate surface area is 91.0 Å². The van der Waals surface area contributed by atoms with Gasteiger partial charge >= 0.3 is 0 Å². The van der Waals surface area contributed by atoms with Gasteiger partial charge in [0.15, 0.2) is 0 Å². The third-order valence-electron chi connectivity index (χ3n) is 4.48. The minimum Gasteiger partial charge on any atom is -0.352 e. The molecule has 0 radical (unpaired) electrons. The highest BCUT2D eigenvalue weighted by molar-refractivity contribution is 5.79. The number of rotatable bonds is 2. The smallest absolute Gasteiger partial charge is 0.223 e. The van der Waals surface area contributed by atoms with Crippen molar-refractivity contribution in [2.75, 3.05) is 13.1 Å². The van der Waals surface area contributed by atoms with Crippen LogP contribution in [0.5, 0.6) is 0 Å². The average molecular weight is 208 g/mol. The van der Waals surface area contributed by atoms with Crippen molar-refractivity contribution in [2.45, 2.75) is 38.1 Å². The molecule has 3 unspecified atom stereocenters. The van der Waals surface area contributed by atoms with Gasteiger partial charge in [-0.25, -0.2) is 0 Å². The predicted octanol–water partition coefficient (Wildman–Crippen LogP) is 0.901. The van der Waals surface area contributed by atoms with Gasteiger partial charge in [-0.2, -0.15) is 0 Å². The Balaban J connectivity index is 1.56. The molecule has 0 aromatic heterocycles. The number of hydrogen-bond acceptors (Lipinski definition) is 2. The van der Waals surface area contributed by atoms with Crippen molar-refractivity contribution in [3.05, 3.63) is 0 Å². The van der Waals surface area contributed by atoms with Gasteiger partial charge < -0.3 is 10.6 Å². The van der Waals surface area contributed by atoms with Crippen LogP contribution in [0.1, 0.15) is 32.1 Å². The van der Waals surface area contributed by atoms with E-state index < -0.39 is 0 Å². The van der Waals surface area contributed by atoms with E-state index in [0.717, 1.165) is 31.8 Å². The molecule has 3 aliphatic rings. The summed E-state index contributed by atoms with van der Waals surface area (Å²) in [5.74, 6) is 2.28. The van der Waals surface area contributed by atoms with Gasteiger partial charge in [0.25, 0.3) is 0 Å². The van der Waals surface area contributed by atoms with E-state index in [2.05, 4.69) is 10.6 Å². The van der Waals surface area contributed by atoms with E-state index in [4.69, 9.17) is 0 Å². The van der Waals surface area contributed by atoms with E-state index in [1.807, 2.05) is 0 Å². The van der Waals surface area contributed by atoms with E-state index in [0.29, 0.717) is 23.8 Å². The third kappa shape index (κ3) is 1.78. The standard InChI is InChI=1S/C12H20N2O/c15-12(14-10-3-4-13-7-10)11-6-8-1-2-9(11)5-8/h8-11,13H,1-7H2,(H,14,15)/t8?,9?,10-,11?/m1/s1. The molecule has 2 saturated carbocycles. The van der Waals surface area contributed by atoms with Crippen molar-refractivity contribution in [2.24, 2.45) is 17.8 Å². The van der Waals surface area contributed by atoms with Crippen LogP contribution in [0.3, 0.4) is 0 Å². The number of amides is 1. The van der Waals surface area contributed by atoms with Gasteiger partial charge in [-0.3, -0.25) is 4.79 Å². The summed E-state index contributed by atoms with van der Waals surface area (Å²) in [6.45, 7) is 2.02. The monoisotopic (exact) mass is 208 g/mol. The van der Waals surface area contributed by atoms with E-state index in [-0.39, 0.29) is 0 Å². The zero-order valence-corrected chi connectivity index (χ0v) is 9.17. The summed E-state index contributed by atoms with van der Waals surface area (Å²) in [7, 11) is 0. The topological polar surface area (TPSA) is 41.1 Å². The lowest BCUT2D eigenvalue weighted by Crippen LogP contribution is -2.41. The van der Waals surface area contributed by atoms with Gasteiger partial charge in [0.05, 0.1) is 0 Å². The minimum atomic E-state index is 0.343. The first kappa shape index (κ1) is 9.64. The molecular weight excluding hydrogens is 188 g/mol. The van der Waals surface area contributed by atoms with Crippen LogP contribution in [-0.4, -0.2) is 25.0 Å². The van der Waals surface area contributed by atoms with Crippen molar-refractivity contribution in [1.29, 1.82) is 0 Å². The maximum Gasteiger partial charge on any atom is 0.223 e. The second kappa shape index (κ2) is 3.78. The first-order chi connectivity index (χ1) is 7.33. The second-order valence-electron chi connectivity index (χ2n) is 5.48. The van der Waals surface area contributed by atoms with Crippen molar-refractivity contribution in [3.63, 3.8) is 0 Å². The Kier molecular flexibility index (Phi) is 2.43. The normalized spacial score (nSPS) is 43.5. The fourth-order valence-corrected chi connectivity index (χ4v) is 3.65. The number of carbonyl (C=O) groups is 1. The SMILES string of the molecule is O=C(N[C@@H]1CCNC1)C1CC2CCC1C2. The van der Waals surface area contributed by atoms with E-state index in [1.54, 1.807) is 0 Å². The van der Waals surface area contributed by atoms with Gasteiger partial charge in [0.2, 0.25) is 5.91 Å². The number of fused-ring (bicyclic) bond motifs is 2. The van der Waals surface area contributed by atoms with Gasteiger partial charge in [0.1, 0.15) is 0 Å². The lowest BCUT2D eigenvalue weighted by molar-refractivity contribution is -0.127. The van der Waals surface area contributed by atoms with Gasteiger partial charge in [-0.05, 0) is 44.1 Å². The van der Waals surface area contributed by atoms with E-state index >= 15 is 0 Å². The molecule has 1 amide bonds. The zero-order chi connectivity index (χ0) is 10.3. The number of carbonyl (C=O) groups excluding carboxylic acids is 1. The summed E-state index contributed by atoms with van der Waals surface area (Å²) in [6, 6.07) is 0.400. The Morgan fingerprint density at radius 3 is 2.73 bits per heavy atom. The summed E-state index contributed by atoms with van der Waals surface area (Å²) < 4.78 is 0. The van der Waals surface area contributed by atoms with Crippen molar-refractivity contribution >= 4 is 5.91 Å². The van der Waals surface area contributed by atoms with Crippen LogP contribution in [0.2, 0.25) is 0 Å². The zero-order valence-electron chi connectivity index (χ0n) is 9.17. The molecule has 3 heteroatoms. The number of hydrogen-bond donors (Lipinski definition) is 2. The van der Waals surface area contributed by atoms with Crippen LogP contribution >= 0.6 is 0 Å². The largest absolute Gasteiger partial charge is 0.352 e. The van der Waals surface area contributed by atoms with Crippen LogP contribution < -0.4 is 10.6 Å². The molecule has 0 aromatic rings. The first-order valence-electron chi connectivity index (χ1n) is 6.34. The quantitative estimate of drug-likeness (QED) is 0.708. The molecule has 3 nitrogen and oxygen atoms in total. The first-order valence-corrected chi connectivity index (χ1v) is 6.34. The highest BCUT2D eigenvalue weighted by atomic mass is 16.2. The lowest BCUT2D eigenvalue weighted by Gasteiger charge is -2.22. The molecule has 0 aromatic carbocycles. The molecule has 4 atom stereocenters. The molecule has 0 spiro atoms. The molecular formula is C12H20N2O. The lowest BCUT2D eigenvalue weighted by atomic mass is 9.88. The summed E-state index contributed by atoms with van der Waals surface area (Å²) >= 11 is 0. The molecule has 2 aliphatic carbocycles. The Morgan fingerprint density at radius 1 is 1.20 bits per heavy atom. The fourth-order valence-electron chi connectivity index (χ4n) is 3.65. The van der Waals surface area contributed by atoms with Crippen molar-refractivity contribution in [1.82, 2.24) is 10.6 Å². The van der Waals surface area contributed by atoms with E-state index in [9.17, 15) is 4.79 Å². The summed E-state index contributed by atoms with van der Waals surface area (Å²) in [6.07, 6.45) is 6.26. The molecule has 1 aliphatic heterocycles. The van der Waals surface area contributed by atoms with Gasteiger partial charge in [-0.1, -0.05) is 6.42 Å². The molecule has 2 N–H and O–H groups in total. The Morgan fingerprint density at radius 2 is 2.13 bits per heavy atom. The molecule has 15 heavy (non-hydrogen) atoms. The Bertz CT molecular complexity index is 260. The number of nitrogens with one attached hydrogen (secondary N) is 2. The molecule has 1 heterocycles. The molecule has 2 bridgehead atoms. The maximum absolute atomic E-state index is 12.1. The molecule has 3 rings (SSSR count). The van der Waals surface area contributed by atoms with E-state index in [1.165, 1.54) is 19.3 Å². The maximum atomic E-state index is 12.1. The second-order valence-corrected chi connectivity index (χ2v) is 5.48.